The number of carbonyl (C=O) groups excluding carboxylic acids is 2. The van der Waals surface area contributed by atoms with Crippen molar-refractivity contribution in [1.29, 1.82) is 0 Å². The fraction of sp³-hybridized carbons (Fsp3) is 0.394. The maximum absolute atomic E-state index is 14.4. The summed E-state index contributed by atoms with van der Waals surface area (Å²) in [4.78, 5) is 29.9. The van der Waals surface area contributed by atoms with Gasteiger partial charge in [-0.3, -0.25) is 13.9 Å². The highest BCUT2D eigenvalue weighted by Crippen LogP contribution is 2.34. The van der Waals surface area contributed by atoms with E-state index in [1.165, 1.54) is 19.1 Å². The fourth-order valence-corrected chi connectivity index (χ4v) is 6.82. The Morgan fingerprint density at radius 3 is 2.27 bits per heavy atom. The molecule has 0 unspecified atom stereocenters. The van der Waals surface area contributed by atoms with Gasteiger partial charge in [0, 0.05) is 29.5 Å². The van der Waals surface area contributed by atoms with Gasteiger partial charge in [0.05, 0.1) is 26.2 Å². The Kier molecular flexibility index (Phi) is 11.7. The number of rotatable bonds is 13. The van der Waals surface area contributed by atoms with Gasteiger partial charge in [0.15, 0.2) is 0 Å². The maximum Gasteiger partial charge on any atom is 0.244 e. The van der Waals surface area contributed by atoms with Gasteiger partial charge in [-0.1, -0.05) is 77.7 Å². The van der Waals surface area contributed by atoms with Gasteiger partial charge >= 0.3 is 0 Å². The molecule has 0 saturated heterocycles. The fourth-order valence-electron chi connectivity index (χ4n) is 5.52. The lowest BCUT2D eigenvalue weighted by atomic mass is 9.94. The number of sulfonamides is 1. The van der Waals surface area contributed by atoms with Crippen molar-refractivity contribution in [3.63, 3.8) is 0 Å². The second-order valence-corrected chi connectivity index (χ2v) is 13.8. The zero-order valence-electron chi connectivity index (χ0n) is 25.4. The molecule has 2 amide bonds. The third kappa shape index (κ3) is 8.98. The SMILES string of the molecule is COc1ccc(N(CC(=O)N(Cc2cccc(Br)c2)[C@H](Cc2ccccc2)C(=O)NC2CCCCC2)S(C)(=O)=O)c(OC)c1. The third-order valence-corrected chi connectivity index (χ3v) is 9.42. The molecule has 0 bridgehead atoms. The number of carbonyl (C=O) groups is 2. The number of benzene rings is 3. The molecular weight excluding hydrogens is 646 g/mol. The van der Waals surface area contributed by atoms with Crippen LogP contribution in [-0.2, 0) is 32.6 Å². The van der Waals surface area contributed by atoms with E-state index in [-0.39, 0.29) is 36.4 Å². The summed E-state index contributed by atoms with van der Waals surface area (Å²) in [6.07, 6.45) is 6.32. The summed E-state index contributed by atoms with van der Waals surface area (Å²) >= 11 is 3.50. The van der Waals surface area contributed by atoms with Crippen molar-refractivity contribution < 1.29 is 27.5 Å². The third-order valence-electron chi connectivity index (χ3n) is 7.80. The van der Waals surface area contributed by atoms with Crippen LogP contribution in [0.1, 0.15) is 43.2 Å². The topological polar surface area (TPSA) is 105 Å². The average Bonchev–Trinajstić information content (AvgIpc) is 3.01. The lowest BCUT2D eigenvalue weighted by Gasteiger charge is -2.35. The van der Waals surface area contributed by atoms with E-state index in [9.17, 15) is 18.0 Å². The van der Waals surface area contributed by atoms with Crippen LogP contribution in [-0.4, -0.2) is 64.2 Å². The molecule has 0 aromatic heterocycles. The van der Waals surface area contributed by atoms with Crippen molar-refractivity contribution >= 4 is 43.5 Å². The molecule has 1 aliphatic rings. The molecular formula is C33H40BrN3O6S. The van der Waals surface area contributed by atoms with Crippen molar-refractivity contribution in [3.8, 4) is 11.5 Å². The van der Waals surface area contributed by atoms with Crippen LogP contribution in [0.4, 0.5) is 5.69 Å². The van der Waals surface area contributed by atoms with Gasteiger partial charge in [0.1, 0.15) is 24.1 Å². The molecule has 9 nitrogen and oxygen atoms in total. The Bertz CT molecular complexity index is 1530. The zero-order valence-corrected chi connectivity index (χ0v) is 27.8. The molecule has 1 aliphatic carbocycles. The first-order valence-electron chi connectivity index (χ1n) is 14.7. The number of anilines is 1. The van der Waals surface area contributed by atoms with E-state index in [1.54, 1.807) is 18.2 Å². The highest BCUT2D eigenvalue weighted by Gasteiger charge is 2.34. The number of nitrogens with one attached hydrogen (secondary N) is 1. The van der Waals surface area contributed by atoms with Crippen LogP contribution in [0.2, 0.25) is 0 Å². The van der Waals surface area contributed by atoms with E-state index >= 15 is 0 Å². The molecule has 1 saturated carbocycles. The van der Waals surface area contributed by atoms with Crippen LogP contribution in [0.3, 0.4) is 0 Å². The molecule has 236 valence electrons. The molecule has 3 aromatic rings. The smallest absolute Gasteiger partial charge is 0.244 e. The van der Waals surface area contributed by atoms with Crippen LogP contribution < -0.4 is 19.1 Å². The number of methoxy groups -OCH3 is 2. The molecule has 0 heterocycles. The number of halogens is 1. The Hall–Kier alpha value is -3.57. The number of hydrogen-bond acceptors (Lipinski definition) is 6. The first-order chi connectivity index (χ1) is 21.1. The highest BCUT2D eigenvalue weighted by molar-refractivity contribution is 9.10. The van der Waals surface area contributed by atoms with Gasteiger partial charge in [-0.25, -0.2) is 8.42 Å². The molecule has 1 N–H and O–H groups in total. The maximum atomic E-state index is 14.4. The summed E-state index contributed by atoms with van der Waals surface area (Å²) in [5.41, 5.74) is 1.88. The molecule has 44 heavy (non-hydrogen) atoms. The van der Waals surface area contributed by atoms with E-state index in [2.05, 4.69) is 21.2 Å². The van der Waals surface area contributed by atoms with Crippen LogP contribution in [0, 0.1) is 0 Å². The zero-order chi connectivity index (χ0) is 31.7. The van der Waals surface area contributed by atoms with Crippen molar-refractivity contribution in [3.05, 3.63) is 88.4 Å². The Morgan fingerprint density at radius 2 is 1.64 bits per heavy atom. The summed E-state index contributed by atoms with van der Waals surface area (Å²) in [5.74, 6) is -0.0639. The van der Waals surface area contributed by atoms with Crippen molar-refractivity contribution in [2.75, 3.05) is 31.3 Å². The molecule has 0 radical (unpaired) electrons. The van der Waals surface area contributed by atoms with Crippen LogP contribution in [0.15, 0.2) is 77.3 Å². The van der Waals surface area contributed by atoms with Crippen molar-refractivity contribution in [1.82, 2.24) is 10.2 Å². The molecule has 1 atom stereocenters. The van der Waals surface area contributed by atoms with E-state index in [0.717, 1.165) is 58.3 Å². The van der Waals surface area contributed by atoms with Crippen molar-refractivity contribution in [2.24, 2.45) is 0 Å². The summed E-state index contributed by atoms with van der Waals surface area (Å²) < 4.78 is 38.9. The summed E-state index contributed by atoms with van der Waals surface area (Å²) in [6.45, 7) is -0.428. The van der Waals surface area contributed by atoms with Gasteiger partial charge in [0.25, 0.3) is 0 Å². The van der Waals surface area contributed by atoms with Gasteiger partial charge in [0.2, 0.25) is 21.8 Å². The van der Waals surface area contributed by atoms with Crippen LogP contribution in [0.5, 0.6) is 11.5 Å². The molecule has 0 aliphatic heterocycles. The van der Waals surface area contributed by atoms with Crippen LogP contribution in [0.25, 0.3) is 0 Å². The number of nitrogens with zero attached hydrogens (tertiary/aromatic N) is 2. The molecule has 3 aromatic carbocycles. The summed E-state index contributed by atoms with van der Waals surface area (Å²) in [5, 5.41) is 3.21. The first kappa shape index (κ1) is 33.3. The predicted octanol–water partition coefficient (Wildman–Crippen LogP) is 5.32. The van der Waals surface area contributed by atoms with Gasteiger partial charge in [-0.15, -0.1) is 0 Å². The van der Waals surface area contributed by atoms with E-state index < -0.39 is 28.5 Å². The predicted molar refractivity (Wildman–Crippen MR) is 175 cm³/mol. The molecule has 1 fully saturated rings. The highest BCUT2D eigenvalue weighted by atomic mass is 79.9. The Labute approximate surface area is 268 Å². The van der Waals surface area contributed by atoms with E-state index in [0.29, 0.717) is 5.75 Å². The van der Waals surface area contributed by atoms with E-state index in [4.69, 9.17) is 9.47 Å². The molecule has 0 spiro atoms. The quantitative estimate of drug-likeness (QED) is 0.261. The minimum absolute atomic E-state index is 0.0356. The second kappa shape index (κ2) is 15.4. The lowest BCUT2D eigenvalue weighted by Crippen LogP contribution is -2.55. The van der Waals surface area contributed by atoms with Gasteiger partial charge < -0.3 is 19.7 Å². The standard InChI is InChI=1S/C33H40BrN3O6S/c1-42-28-17-18-29(31(21-28)43-2)37(44(3,40)41)23-32(38)36(22-25-13-10-14-26(34)19-25)30(20-24-11-6-4-7-12-24)33(39)35-27-15-8-5-9-16-27/h4,6-7,10-14,17-19,21,27,30H,5,8-9,15-16,20,22-23H2,1-3H3,(H,35,39)/t30-/m1/s1. The minimum Gasteiger partial charge on any atom is -0.497 e. The van der Waals surface area contributed by atoms with Crippen molar-refractivity contribution in [2.45, 2.75) is 57.2 Å². The first-order valence-corrected chi connectivity index (χ1v) is 17.3. The number of amides is 2. The second-order valence-electron chi connectivity index (χ2n) is 11.0. The average molecular weight is 687 g/mol. The van der Waals surface area contributed by atoms with Gasteiger partial charge in [-0.2, -0.15) is 0 Å². The largest absolute Gasteiger partial charge is 0.497 e. The monoisotopic (exact) mass is 685 g/mol. The van der Waals surface area contributed by atoms with Crippen LogP contribution >= 0.6 is 15.9 Å². The summed E-state index contributed by atoms with van der Waals surface area (Å²) in [6, 6.07) is 20.9. The summed E-state index contributed by atoms with van der Waals surface area (Å²) in [7, 11) is -1.03. The van der Waals surface area contributed by atoms with Gasteiger partial charge in [-0.05, 0) is 48.2 Å². The van der Waals surface area contributed by atoms with E-state index in [1.807, 2.05) is 54.6 Å². The minimum atomic E-state index is -3.95. The normalized spacial score (nSPS) is 14.4. The lowest BCUT2D eigenvalue weighted by molar-refractivity contribution is -0.140. The Morgan fingerprint density at radius 1 is 0.932 bits per heavy atom. The molecule has 11 heteroatoms. The molecule has 4 rings (SSSR count). The Balaban J connectivity index is 1.75. The number of ether oxygens (including phenoxy) is 2. The number of hydrogen-bond donors (Lipinski definition) is 1.